The van der Waals surface area contributed by atoms with Crippen LogP contribution in [-0.2, 0) is 10.1 Å². The standard InChI is InChI=1S/C6H8N2O3S.C6H15N/c7-4-2-1-3-5(6(4)8)12(9,10)11;1-4-7(5-2)6-3/h1-3H,7-8H2,(H,9,10,11);4-6H2,1-3H3. The van der Waals surface area contributed by atoms with Gasteiger partial charge in [0.05, 0.1) is 35.9 Å². The molecule has 0 fully saturated rings. The van der Waals surface area contributed by atoms with E-state index in [-0.39, 0.29) is 11.4 Å². The molecule has 0 aliphatic carbocycles. The van der Waals surface area contributed by atoms with Crippen molar-refractivity contribution < 1.29 is 17.9 Å². The minimum Gasteiger partial charge on any atom is -0.744 e. The summed E-state index contributed by atoms with van der Waals surface area (Å²) in [7, 11) is -4.51. The molecule has 110 valence electrons. The highest BCUT2D eigenvalue weighted by Crippen LogP contribution is 2.23. The summed E-state index contributed by atoms with van der Waals surface area (Å²) in [5.41, 5.74) is 10.5. The summed E-state index contributed by atoms with van der Waals surface area (Å²) < 4.78 is 31.5. The predicted molar refractivity (Wildman–Crippen MR) is 75.8 cm³/mol. The predicted octanol–water partition coefficient (Wildman–Crippen LogP) is -0.314. The fraction of sp³-hybridized carbons (Fsp3) is 0.500. The van der Waals surface area contributed by atoms with Gasteiger partial charge in [-0.2, -0.15) is 0 Å². The zero-order valence-electron chi connectivity index (χ0n) is 11.6. The summed E-state index contributed by atoms with van der Waals surface area (Å²) >= 11 is 0. The number of anilines is 2. The van der Waals surface area contributed by atoms with Crippen LogP contribution in [0.1, 0.15) is 20.8 Å². The van der Waals surface area contributed by atoms with E-state index in [2.05, 4.69) is 20.8 Å². The van der Waals surface area contributed by atoms with Gasteiger partial charge in [-0.25, -0.2) is 8.42 Å². The lowest BCUT2D eigenvalue weighted by Crippen LogP contribution is -3.11. The highest BCUT2D eigenvalue weighted by molar-refractivity contribution is 7.86. The van der Waals surface area contributed by atoms with E-state index in [0.717, 1.165) is 6.07 Å². The van der Waals surface area contributed by atoms with E-state index in [1.54, 1.807) is 4.90 Å². The SMILES string of the molecule is CC[NH+](CC)CC.Nc1cccc(S(=O)(=O)[O-])c1N. The maximum absolute atomic E-state index is 10.5. The average Bonchev–Trinajstić information content (AvgIpc) is 2.34. The Bertz CT molecular complexity index is 479. The van der Waals surface area contributed by atoms with Gasteiger partial charge >= 0.3 is 0 Å². The molecule has 1 aromatic rings. The summed E-state index contributed by atoms with van der Waals surface area (Å²) in [5, 5.41) is 0. The van der Waals surface area contributed by atoms with Crippen LogP contribution in [0, 0.1) is 0 Å². The van der Waals surface area contributed by atoms with E-state index in [9.17, 15) is 13.0 Å². The number of nitrogens with two attached hydrogens (primary N) is 2. The fourth-order valence-corrected chi connectivity index (χ4v) is 2.16. The second-order valence-corrected chi connectivity index (χ2v) is 5.37. The largest absolute Gasteiger partial charge is 0.744 e. The molecule has 6 nitrogen and oxygen atoms in total. The molecule has 0 heterocycles. The smallest absolute Gasteiger partial charge is 0.126 e. The summed E-state index contributed by atoms with van der Waals surface area (Å²) in [4.78, 5) is 1.21. The summed E-state index contributed by atoms with van der Waals surface area (Å²) in [6.45, 7) is 10.5. The molecule has 0 aromatic heterocycles. The summed E-state index contributed by atoms with van der Waals surface area (Å²) in [6.07, 6.45) is 0. The Kier molecular flexibility index (Phi) is 7.43. The monoisotopic (exact) mass is 289 g/mol. The average molecular weight is 289 g/mol. The maximum Gasteiger partial charge on any atom is 0.126 e. The first kappa shape index (κ1) is 17.7. The maximum atomic E-state index is 10.5. The van der Waals surface area contributed by atoms with Gasteiger partial charge in [0, 0.05) is 0 Å². The molecule has 7 heteroatoms. The van der Waals surface area contributed by atoms with E-state index < -0.39 is 15.0 Å². The molecule has 0 radical (unpaired) electrons. The van der Waals surface area contributed by atoms with E-state index in [1.807, 2.05) is 0 Å². The van der Waals surface area contributed by atoms with Crippen LogP contribution in [0.5, 0.6) is 0 Å². The lowest BCUT2D eigenvalue weighted by molar-refractivity contribution is -0.894. The van der Waals surface area contributed by atoms with Crippen LogP contribution in [0.2, 0.25) is 0 Å². The van der Waals surface area contributed by atoms with Gasteiger partial charge in [-0.3, -0.25) is 0 Å². The topological polar surface area (TPSA) is 114 Å². The van der Waals surface area contributed by atoms with Crippen molar-refractivity contribution in [3.8, 4) is 0 Å². The van der Waals surface area contributed by atoms with Gasteiger partial charge in [0.15, 0.2) is 0 Å². The van der Waals surface area contributed by atoms with E-state index >= 15 is 0 Å². The highest BCUT2D eigenvalue weighted by Gasteiger charge is 2.07. The number of rotatable bonds is 4. The minimum atomic E-state index is -4.51. The molecule has 0 aliphatic rings. The summed E-state index contributed by atoms with van der Waals surface area (Å²) in [6, 6.07) is 3.90. The molecule has 19 heavy (non-hydrogen) atoms. The van der Waals surface area contributed by atoms with Crippen molar-refractivity contribution in [2.75, 3.05) is 31.1 Å². The van der Waals surface area contributed by atoms with Gasteiger partial charge in [0.2, 0.25) is 0 Å². The molecule has 0 aliphatic heterocycles. The van der Waals surface area contributed by atoms with Gasteiger partial charge in [0.1, 0.15) is 10.1 Å². The molecule has 0 saturated carbocycles. The molecular formula is C12H23N3O3S. The van der Waals surface area contributed by atoms with Gasteiger partial charge in [0.25, 0.3) is 0 Å². The second-order valence-electron chi connectivity index (χ2n) is 4.02. The Hall–Kier alpha value is -1.31. The van der Waals surface area contributed by atoms with Crippen molar-refractivity contribution in [1.82, 2.24) is 0 Å². The number of nitrogens with one attached hydrogen (secondary N) is 1. The van der Waals surface area contributed by atoms with Crippen molar-refractivity contribution in [3.05, 3.63) is 18.2 Å². The first-order chi connectivity index (χ1) is 8.77. The van der Waals surface area contributed by atoms with E-state index in [1.165, 1.54) is 31.8 Å². The zero-order valence-corrected chi connectivity index (χ0v) is 12.5. The molecular weight excluding hydrogens is 266 g/mol. The van der Waals surface area contributed by atoms with Crippen LogP contribution in [0.4, 0.5) is 11.4 Å². The van der Waals surface area contributed by atoms with Crippen molar-refractivity contribution in [1.29, 1.82) is 0 Å². The van der Waals surface area contributed by atoms with Crippen LogP contribution in [-0.4, -0.2) is 32.6 Å². The zero-order chi connectivity index (χ0) is 15.1. The number of hydrogen-bond donors (Lipinski definition) is 3. The molecule has 0 amide bonds. The Labute approximate surface area is 115 Å². The van der Waals surface area contributed by atoms with Crippen LogP contribution < -0.4 is 16.4 Å². The molecule has 0 saturated heterocycles. The third kappa shape index (κ3) is 5.91. The normalized spacial score (nSPS) is 11.0. The van der Waals surface area contributed by atoms with Crippen molar-refractivity contribution in [2.24, 2.45) is 0 Å². The molecule has 0 spiro atoms. The van der Waals surface area contributed by atoms with Gasteiger partial charge in [-0.1, -0.05) is 6.07 Å². The quantitative estimate of drug-likeness (QED) is 0.519. The number of hydrogen-bond acceptors (Lipinski definition) is 5. The van der Waals surface area contributed by atoms with Crippen LogP contribution >= 0.6 is 0 Å². The molecule has 5 N–H and O–H groups in total. The molecule has 1 aromatic carbocycles. The third-order valence-corrected chi connectivity index (χ3v) is 3.76. The van der Waals surface area contributed by atoms with Gasteiger partial charge in [-0.15, -0.1) is 0 Å². The molecule has 1 rings (SSSR count). The Balaban J connectivity index is 0.000000399. The first-order valence-electron chi connectivity index (χ1n) is 6.21. The lowest BCUT2D eigenvalue weighted by atomic mass is 10.3. The van der Waals surface area contributed by atoms with Crippen molar-refractivity contribution in [3.63, 3.8) is 0 Å². The van der Waals surface area contributed by atoms with Crippen LogP contribution in [0.3, 0.4) is 0 Å². The van der Waals surface area contributed by atoms with E-state index in [0.29, 0.717) is 0 Å². The number of nitrogen functional groups attached to an aromatic ring is 2. The number of quaternary nitrogens is 1. The molecule has 0 unspecified atom stereocenters. The van der Waals surface area contributed by atoms with Crippen LogP contribution in [0.25, 0.3) is 0 Å². The minimum absolute atomic E-state index is 0.0897. The number of para-hydroxylation sites is 1. The summed E-state index contributed by atoms with van der Waals surface area (Å²) in [5.74, 6) is 0. The second kappa shape index (κ2) is 7.98. The fourth-order valence-electron chi connectivity index (χ4n) is 1.53. The van der Waals surface area contributed by atoms with Crippen molar-refractivity contribution >= 4 is 21.5 Å². The molecule has 0 bridgehead atoms. The first-order valence-corrected chi connectivity index (χ1v) is 7.62. The van der Waals surface area contributed by atoms with Gasteiger partial charge < -0.3 is 20.9 Å². The number of benzene rings is 1. The third-order valence-electron chi connectivity index (χ3n) is 2.87. The Morgan fingerprint density at radius 1 is 1.11 bits per heavy atom. The highest BCUT2D eigenvalue weighted by atomic mass is 32.2. The van der Waals surface area contributed by atoms with Crippen molar-refractivity contribution in [2.45, 2.75) is 25.7 Å². The van der Waals surface area contributed by atoms with Gasteiger partial charge in [-0.05, 0) is 32.9 Å². The lowest BCUT2D eigenvalue weighted by Gasteiger charge is -2.10. The molecule has 0 atom stereocenters. The Morgan fingerprint density at radius 3 is 1.84 bits per heavy atom. The van der Waals surface area contributed by atoms with Crippen LogP contribution in [0.15, 0.2) is 23.1 Å². The van der Waals surface area contributed by atoms with E-state index in [4.69, 9.17) is 11.5 Å². The Morgan fingerprint density at radius 2 is 1.58 bits per heavy atom.